The lowest BCUT2D eigenvalue weighted by molar-refractivity contribution is 0.219. The Morgan fingerprint density at radius 1 is 0.208 bits per heavy atom. The van der Waals surface area contributed by atoms with Crippen LogP contribution in [0.25, 0.3) is 110 Å². The van der Waals surface area contributed by atoms with Crippen LogP contribution in [0, 0.1) is 16.7 Å². The van der Waals surface area contributed by atoms with E-state index in [0.29, 0.717) is 5.54 Å². The standard InChI is InChI=1S/C50H60N2.C34H28N2.C16H19N.C11H17N.C6H15N.C5H9N/c1-46(2,3)31-16-20-42-38(26-31)39-27-32(47(4,5)6)17-21-43(39)51(42)36-24-35(50(13,14)15)25-37(30-36)52-44-22-18-33(48(7,8)9)28-40(44)41-29-34(49(10,11)12)19-23-45(41)52;1-34(2,3)23-20-24(35-30-16-8-4-12-26(30)27-13-5-9-17-31(27)35)22-25(21-23)36-32-18-10-6-14-28(32)29-15-7-11-19-33(29)36;1-16(2,3)17(14-10-6-4-7-11-14)15-12-8-5-9-13-15;1-11(2,3)12(4)10-8-6-5-7-9-10;1-6(2,3)7(4)5;1-5(2,3)4-6/h16-30H,1-15H3;4-22H,1-3H3;4-13H,1-3H3;5-9H,1-4H3;1-5H3;1-3H3. The van der Waals surface area contributed by atoms with Gasteiger partial charge in [0, 0.05) is 112 Å². The van der Waals surface area contributed by atoms with Crippen LogP contribution in [0.4, 0.5) is 17.1 Å². The van der Waals surface area contributed by atoms with Crippen LogP contribution in [0.15, 0.2) is 297 Å². The van der Waals surface area contributed by atoms with Crippen molar-refractivity contribution in [1.82, 2.24) is 23.2 Å². The quantitative estimate of drug-likeness (QED) is 0.160. The highest BCUT2D eigenvalue weighted by atomic mass is 15.2. The fourth-order valence-corrected chi connectivity index (χ4v) is 16.6. The van der Waals surface area contributed by atoms with Crippen molar-refractivity contribution in [3.8, 4) is 28.8 Å². The molecule has 17 rings (SSSR count). The Balaban J connectivity index is 0.000000167. The fraction of sp³-hybridized carbons (Fsp3) is 0.352. The van der Waals surface area contributed by atoms with E-state index in [1.165, 1.54) is 160 Å². The topological polar surface area (TPSA) is 53.2 Å². The monoisotopic (exact) mass is 1730 g/mol. The first-order valence-corrected chi connectivity index (χ1v) is 46.8. The molecule has 8 nitrogen and oxygen atoms in total. The Hall–Kier alpha value is -11.9. The van der Waals surface area contributed by atoms with Crippen LogP contribution >= 0.6 is 0 Å². The van der Waals surface area contributed by atoms with Gasteiger partial charge in [-0.25, -0.2) is 0 Å². The molecule has 0 aliphatic carbocycles. The number of hydrogen-bond donors (Lipinski definition) is 0. The van der Waals surface area contributed by atoms with E-state index in [0.717, 1.165) is 0 Å². The maximum Gasteiger partial charge on any atom is 0.0680 e. The van der Waals surface area contributed by atoms with Crippen molar-refractivity contribution in [1.29, 1.82) is 5.26 Å². The Labute approximate surface area is 780 Å². The van der Waals surface area contributed by atoms with Gasteiger partial charge < -0.3 is 33.0 Å². The van der Waals surface area contributed by atoms with E-state index in [-0.39, 0.29) is 49.0 Å². The molecule has 0 saturated carbocycles. The lowest BCUT2D eigenvalue weighted by atomic mass is 9.85. The van der Waals surface area contributed by atoms with Crippen LogP contribution in [0.1, 0.15) is 241 Å². The van der Waals surface area contributed by atoms with E-state index in [9.17, 15) is 0 Å². The van der Waals surface area contributed by atoms with Gasteiger partial charge in [-0.1, -0.05) is 276 Å². The first kappa shape index (κ1) is 97.2. The number of benzene rings is 13. The molecule has 0 radical (unpaired) electrons. The molecule has 0 spiro atoms. The molecule has 0 N–H and O–H groups in total. The van der Waals surface area contributed by atoms with Crippen LogP contribution in [0.3, 0.4) is 0 Å². The average Bonchev–Trinajstić information content (AvgIpc) is 1.58. The van der Waals surface area contributed by atoms with E-state index in [2.05, 4.69) is 538 Å². The Bertz CT molecular complexity index is 6270. The molecule has 0 saturated heterocycles. The predicted octanol–water partition coefficient (Wildman–Crippen LogP) is 34.0. The lowest BCUT2D eigenvalue weighted by Gasteiger charge is -2.37. The van der Waals surface area contributed by atoms with Gasteiger partial charge in [0.05, 0.1) is 50.2 Å². The zero-order valence-electron chi connectivity index (χ0n) is 84.9. The van der Waals surface area contributed by atoms with Gasteiger partial charge in [0.25, 0.3) is 0 Å². The molecule has 0 unspecified atom stereocenters. The molecule has 8 heteroatoms. The highest BCUT2D eigenvalue weighted by Crippen LogP contribution is 2.45. The van der Waals surface area contributed by atoms with Gasteiger partial charge in [-0.2, -0.15) is 5.26 Å². The molecular weight excluding hydrogens is 1580 g/mol. The van der Waals surface area contributed by atoms with Gasteiger partial charge >= 0.3 is 0 Å². The summed E-state index contributed by atoms with van der Waals surface area (Å²) in [5.74, 6) is 0. The third-order valence-electron chi connectivity index (χ3n) is 25.3. The summed E-state index contributed by atoms with van der Waals surface area (Å²) < 4.78 is 9.89. The Kier molecular flexibility index (Phi) is 27.8. The second-order valence-corrected chi connectivity index (χ2v) is 46.0. The zero-order chi connectivity index (χ0) is 95.1. The smallest absolute Gasteiger partial charge is 0.0680 e. The first-order valence-electron chi connectivity index (χ1n) is 46.8. The van der Waals surface area contributed by atoms with Gasteiger partial charge in [-0.15, -0.1) is 0 Å². The van der Waals surface area contributed by atoms with Crippen molar-refractivity contribution < 1.29 is 0 Å². The third kappa shape index (κ3) is 21.9. The summed E-state index contributed by atoms with van der Waals surface area (Å²) in [5, 5.41) is 18.6. The van der Waals surface area contributed by atoms with Gasteiger partial charge in [0.2, 0.25) is 0 Å². The van der Waals surface area contributed by atoms with Crippen molar-refractivity contribution >= 4 is 104 Å². The van der Waals surface area contributed by atoms with Gasteiger partial charge in [0.1, 0.15) is 0 Å². The number of hydrogen-bond acceptors (Lipinski definition) is 4. The molecule has 0 fully saturated rings. The summed E-state index contributed by atoms with van der Waals surface area (Å²) in [6.07, 6.45) is 0. The maximum absolute atomic E-state index is 8.15. The van der Waals surface area contributed by atoms with Crippen LogP contribution in [-0.4, -0.2) is 60.9 Å². The molecule has 0 aliphatic heterocycles. The normalized spacial score (nSPS) is 12.6. The molecular formula is C122H148N8. The molecule has 0 atom stereocenters. The van der Waals surface area contributed by atoms with E-state index in [1.54, 1.807) is 0 Å². The number of fused-ring (bicyclic) bond motifs is 12. The Morgan fingerprint density at radius 2 is 0.408 bits per heavy atom. The second-order valence-electron chi connectivity index (χ2n) is 46.0. The van der Waals surface area contributed by atoms with Gasteiger partial charge in [-0.3, -0.25) is 0 Å². The minimum Gasteiger partial charge on any atom is -0.370 e. The summed E-state index contributed by atoms with van der Waals surface area (Å²) in [6, 6.07) is 111. The van der Waals surface area contributed by atoms with Crippen molar-refractivity contribution in [3.05, 3.63) is 331 Å². The predicted molar refractivity (Wildman–Crippen MR) is 570 cm³/mol. The second kappa shape index (κ2) is 37.2. The fourth-order valence-electron chi connectivity index (χ4n) is 16.6. The molecule has 0 aliphatic rings. The van der Waals surface area contributed by atoms with Crippen molar-refractivity contribution in [2.75, 3.05) is 30.9 Å². The molecule has 0 amide bonds. The highest BCUT2D eigenvalue weighted by Gasteiger charge is 2.30. The SMILES string of the molecule is CC(C)(C)C#N.CC(C)(C)N(c1ccccc1)c1ccccc1.CC(C)(C)c1cc(-n2c3ccc(C(C)(C)C)cc3c3cc(C(C)(C)C)ccc32)cc(-n2c3ccc(C(C)(C)C)cc3c3cc(C(C)(C)C)ccc32)c1.CC(C)(C)c1cc(-n2c3ccccc3c3ccccc32)cc(-n2c3ccccc3c3ccccc32)c1.CN(C)C(C)(C)C.CN(c1ccccc1)C(C)(C)C. The lowest BCUT2D eigenvalue weighted by Crippen LogP contribution is -2.37. The van der Waals surface area contributed by atoms with Crippen LogP contribution in [-0.2, 0) is 32.5 Å². The van der Waals surface area contributed by atoms with Crippen molar-refractivity contribution in [2.45, 2.75) is 257 Å². The zero-order valence-corrected chi connectivity index (χ0v) is 84.9. The largest absolute Gasteiger partial charge is 0.370 e. The highest BCUT2D eigenvalue weighted by molar-refractivity contribution is 6.13. The molecule has 676 valence electrons. The minimum absolute atomic E-state index is 0.00226. The number of nitrogens with zero attached hydrogens (tertiary/aromatic N) is 8. The summed E-state index contributed by atoms with van der Waals surface area (Å²) in [7, 11) is 6.29. The van der Waals surface area contributed by atoms with Crippen LogP contribution in [0.2, 0.25) is 0 Å². The summed E-state index contributed by atoms with van der Waals surface area (Å²) in [4.78, 5) is 6.81. The molecule has 17 aromatic rings. The van der Waals surface area contributed by atoms with Crippen LogP contribution < -0.4 is 9.80 Å². The molecule has 4 aromatic heterocycles. The Morgan fingerprint density at radius 3 is 0.600 bits per heavy atom. The average molecular weight is 1730 g/mol. The number of anilines is 3. The minimum atomic E-state index is -0.153. The maximum atomic E-state index is 8.15. The van der Waals surface area contributed by atoms with Gasteiger partial charge in [0.15, 0.2) is 0 Å². The van der Waals surface area contributed by atoms with Crippen molar-refractivity contribution in [2.24, 2.45) is 5.41 Å². The number of rotatable bonds is 7. The van der Waals surface area contributed by atoms with Crippen molar-refractivity contribution in [3.63, 3.8) is 0 Å². The third-order valence-corrected chi connectivity index (χ3v) is 25.3. The van der Waals surface area contributed by atoms with E-state index < -0.39 is 0 Å². The van der Waals surface area contributed by atoms with E-state index in [4.69, 9.17) is 5.26 Å². The molecule has 13 aromatic carbocycles. The molecule has 130 heavy (non-hydrogen) atoms. The number of para-hydroxylation sites is 7. The van der Waals surface area contributed by atoms with Crippen LogP contribution in [0.5, 0.6) is 0 Å². The summed E-state index contributed by atoms with van der Waals surface area (Å²) in [5.41, 5.74) is 27.1. The molecule has 0 bridgehead atoms. The number of nitriles is 1. The van der Waals surface area contributed by atoms with E-state index in [1.807, 2.05) is 26.8 Å². The summed E-state index contributed by atoms with van der Waals surface area (Å²) >= 11 is 0. The molecule has 4 heterocycles. The van der Waals surface area contributed by atoms with Gasteiger partial charge in [-0.05, 0) is 309 Å². The van der Waals surface area contributed by atoms with E-state index >= 15 is 0 Å². The number of aromatic nitrogens is 4. The first-order chi connectivity index (χ1) is 60.5. The summed E-state index contributed by atoms with van der Waals surface area (Å²) in [6.45, 7) is 67.2.